The van der Waals surface area contributed by atoms with E-state index in [2.05, 4.69) is 32.0 Å². The summed E-state index contributed by atoms with van der Waals surface area (Å²) in [7, 11) is 0. The molecule has 0 aliphatic carbocycles. The molecule has 206 valence electrons. The zero-order valence-electron chi connectivity index (χ0n) is 21.7. The molecule has 3 aliphatic heterocycles. The van der Waals surface area contributed by atoms with Crippen LogP contribution in [0.5, 0.6) is 0 Å². The Morgan fingerprint density at radius 1 is 0.976 bits per heavy atom. The first-order chi connectivity index (χ1) is 20.0. The SMILES string of the molecule is Fc1cccc(F)c1C1=NCc2cnc(Nc3ccc(NC4OC4C4C=CNCC4)cc3)nc2-c2ccc(Cl)cc21. The van der Waals surface area contributed by atoms with E-state index in [1.165, 1.54) is 18.2 Å². The fraction of sp³-hybridized carbons (Fsp3) is 0.194. The molecule has 3 atom stereocenters. The Hall–Kier alpha value is -4.34. The van der Waals surface area contributed by atoms with Gasteiger partial charge in [-0.05, 0) is 61.2 Å². The Morgan fingerprint density at radius 3 is 2.56 bits per heavy atom. The van der Waals surface area contributed by atoms with E-state index in [9.17, 15) is 8.78 Å². The van der Waals surface area contributed by atoms with Crippen LogP contribution in [0.2, 0.25) is 5.02 Å². The van der Waals surface area contributed by atoms with Crippen LogP contribution in [0.15, 0.2) is 84.1 Å². The van der Waals surface area contributed by atoms with Crippen LogP contribution in [0, 0.1) is 17.6 Å². The summed E-state index contributed by atoms with van der Waals surface area (Å²) in [5, 5.41) is 10.3. The van der Waals surface area contributed by atoms with E-state index in [4.69, 9.17) is 21.3 Å². The molecule has 1 aromatic heterocycles. The van der Waals surface area contributed by atoms with Crippen molar-refractivity contribution in [1.29, 1.82) is 0 Å². The summed E-state index contributed by atoms with van der Waals surface area (Å²) in [6, 6.07) is 16.8. The highest BCUT2D eigenvalue weighted by atomic mass is 35.5. The van der Waals surface area contributed by atoms with E-state index < -0.39 is 11.6 Å². The van der Waals surface area contributed by atoms with Crippen molar-refractivity contribution in [2.45, 2.75) is 25.3 Å². The summed E-state index contributed by atoms with van der Waals surface area (Å²) in [5.41, 5.74) is 4.27. The van der Waals surface area contributed by atoms with E-state index in [1.54, 1.807) is 24.4 Å². The highest BCUT2D eigenvalue weighted by Gasteiger charge is 2.44. The number of halogens is 3. The molecule has 1 saturated heterocycles. The Bertz CT molecular complexity index is 1670. The lowest BCUT2D eigenvalue weighted by atomic mass is 9.95. The number of aromatic nitrogens is 2. The second-order valence-corrected chi connectivity index (χ2v) is 10.6. The maximum atomic E-state index is 14.8. The van der Waals surface area contributed by atoms with Crippen LogP contribution in [-0.4, -0.2) is 34.6 Å². The summed E-state index contributed by atoms with van der Waals surface area (Å²) < 4.78 is 35.4. The highest BCUT2D eigenvalue weighted by Crippen LogP contribution is 2.36. The fourth-order valence-electron chi connectivity index (χ4n) is 5.33. The van der Waals surface area contributed by atoms with Gasteiger partial charge in [0, 0.05) is 51.7 Å². The Morgan fingerprint density at radius 2 is 1.78 bits per heavy atom. The Labute approximate surface area is 240 Å². The maximum absolute atomic E-state index is 14.8. The van der Waals surface area contributed by atoms with Crippen molar-refractivity contribution in [1.82, 2.24) is 15.3 Å². The minimum atomic E-state index is -0.695. The van der Waals surface area contributed by atoms with E-state index >= 15 is 0 Å². The van der Waals surface area contributed by atoms with Gasteiger partial charge in [0.25, 0.3) is 0 Å². The van der Waals surface area contributed by atoms with E-state index in [-0.39, 0.29) is 30.2 Å². The molecule has 0 radical (unpaired) electrons. The average Bonchev–Trinajstić information content (AvgIpc) is 3.77. The molecule has 3 aromatic carbocycles. The molecule has 7 nitrogen and oxygen atoms in total. The molecular weight excluding hydrogens is 546 g/mol. The lowest BCUT2D eigenvalue weighted by Gasteiger charge is -2.15. The molecule has 7 rings (SSSR count). The Kier molecular flexibility index (Phi) is 6.60. The van der Waals surface area contributed by atoms with Crippen LogP contribution >= 0.6 is 11.6 Å². The molecule has 4 aromatic rings. The van der Waals surface area contributed by atoms with Gasteiger partial charge in [-0.1, -0.05) is 29.8 Å². The molecular formula is C31H25ClF2N6O. The zero-order valence-corrected chi connectivity index (χ0v) is 22.5. The molecule has 0 bridgehead atoms. The average molecular weight is 571 g/mol. The van der Waals surface area contributed by atoms with Crippen molar-refractivity contribution < 1.29 is 13.5 Å². The molecule has 10 heteroatoms. The summed E-state index contributed by atoms with van der Waals surface area (Å²) in [6.07, 6.45) is 7.11. The number of hydrogen-bond donors (Lipinski definition) is 3. The molecule has 0 amide bonds. The summed E-state index contributed by atoms with van der Waals surface area (Å²) in [5.74, 6) is -0.583. The molecule has 3 aliphatic rings. The third-order valence-corrected chi connectivity index (χ3v) is 7.68. The lowest BCUT2D eigenvalue weighted by Crippen LogP contribution is -2.22. The first-order valence-corrected chi connectivity index (χ1v) is 13.8. The Balaban J connectivity index is 1.12. The van der Waals surface area contributed by atoms with Crippen molar-refractivity contribution in [2.24, 2.45) is 10.9 Å². The van der Waals surface area contributed by atoms with Gasteiger partial charge in [0.05, 0.1) is 23.5 Å². The first kappa shape index (κ1) is 25.6. The minimum Gasteiger partial charge on any atom is -0.391 e. The van der Waals surface area contributed by atoms with Crippen LogP contribution in [0.4, 0.5) is 26.1 Å². The minimum absolute atomic E-state index is 0.00740. The number of anilines is 3. The number of epoxide rings is 1. The third-order valence-electron chi connectivity index (χ3n) is 7.44. The van der Waals surface area contributed by atoms with Crippen molar-refractivity contribution in [3.05, 3.63) is 112 Å². The number of ether oxygens (including phenoxy) is 1. The number of aliphatic imine (C=N–C) groups is 1. The van der Waals surface area contributed by atoms with E-state index in [0.29, 0.717) is 33.7 Å². The van der Waals surface area contributed by atoms with Gasteiger partial charge in [0.15, 0.2) is 6.23 Å². The van der Waals surface area contributed by atoms with Crippen molar-refractivity contribution in [2.75, 3.05) is 17.2 Å². The van der Waals surface area contributed by atoms with Gasteiger partial charge in [0.1, 0.15) is 17.7 Å². The predicted molar refractivity (Wildman–Crippen MR) is 155 cm³/mol. The van der Waals surface area contributed by atoms with Gasteiger partial charge in [-0.3, -0.25) is 4.99 Å². The van der Waals surface area contributed by atoms with E-state index in [1.807, 2.05) is 30.5 Å². The number of benzene rings is 3. The number of rotatable bonds is 6. The van der Waals surface area contributed by atoms with Crippen LogP contribution in [0.3, 0.4) is 0 Å². The van der Waals surface area contributed by atoms with Crippen LogP contribution in [0.25, 0.3) is 11.3 Å². The van der Waals surface area contributed by atoms with Crippen LogP contribution < -0.4 is 16.0 Å². The smallest absolute Gasteiger partial charge is 0.227 e. The normalized spacial score (nSPS) is 20.7. The first-order valence-electron chi connectivity index (χ1n) is 13.4. The molecule has 3 unspecified atom stereocenters. The zero-order chi connectivity index (χ0) is 27.9. The van der Waals surface area contributed by atoms with Gasteiger partial charge >= 0.3 is 0 Å². The summed E-state index contributed by atoms with van der Waals surface area (Å²) in [4.78, 5) is 13.8. The molecule has 4 heterocycles. The van der Waals surface area contributed by atoms with Gasteiger partial charge in [0.2, 0.25) is 5.95 Å². The van der Waals surface area contributed by atoms with Crippen molar-refractivity contribution >= 4 is 34.6 Å². The molecule has 1 fully saturated rings. The molecule has 0 spiro atoms. The quantitative estimate of drug-likeness (QED) is 0.232. The predicted octanol–water partition coefficient (Wildman–Crippen LogP) is 6.43. The maximum Gasteiger partial charge on any atom is 0.227 e. The van der Waals surface area contributed by atoms with Gasteiger partial charge < -0.3 is 20.7 Å². The van der Waals surface area contributed by atoms with Crippen LogP contribution in [-0.2, 0) is 11.3 Å². The summed E-state index contributed by atoms with van der Waals surface area (Å²) in [6.45, 7) is 1.12. The standard InChI is InChI=1S/C31H25ClF2N6O/c32-19-4-9-22-23(14-19)28(26-24(33)2-1-3-25(26)34)36-15-18-16-37-31(40-27(18)22)39-21-7-5-20(6-8-21)38-30-29(41-30)17-10-12-35-13-11-17/h1-10,12,14,16-17,29-30,35,38H,11,13,15H2,(H,37,39,40). The van der Waals surface area contributed by atoms with Crippen molar-refractivity contribution in [3.63, 3.8) is 0 Å². The number of hydrogen-bond acceptors (Lipinski definition) is 7. The van der Waals surface area contributed by atoms with E-state index in [0.717, 1.165) is 29.9 Å². The monoisotopic (exact) mass is 570 g/mol. The topological polar surface area (TPSA) is 86.8 Å². The van der Waals surface area contributed by atoms with Gasteiger partial charge in [-0.2, -0.15) is 0 Å². The highest BCUT2D eigenvalue weighted by molar-refractivity contribution is 6.31. The molecule has 0 saturated carbocycles. The number of nitrogens with zero attached hydrogens (tertiary/aromatic N) is 3. The third kappa shape index (κ3) is 5.14. The van der Waals surface area contributed by atoms with Gasteiger partial charge in [-0.25, -0.2) is 18.7 Å². The molecule has 3 N–H and O–H groups in total. The second kappa shape index (κ2) is 10.6. The number of nitrogens with one attached hydrogen (secondary N) is 3. The largest absolute Gasteiger partial charge is 0.391 e. The summed E-state index contributed by atoms with van der Waals surface area (Å²) >= 11 is 6.32. The van der Waals surface area contributed by atoms with Crippen LogP contribution in [0.1, 0.15) is 23.1 Å². The van der Waals surface area contributed by atoms with Gasteiger partial charge in [-0.15, -0.1) is 0 Å². The number of fused-ring (bicyclic) bond motifs is 3. The second-order valence-electron chi connectivity index (χ2n) is 10.2. The lowest BCUT2D eigenvalue weighted by molar-refractivity contribution is 0.333. The molecule has 41 heavy (non-hydrogen) atoms. The van der Waals surface area contributed by atoms with Crippen molar-refractivity contribution in [3.8, 4) is 11.3 Å². The fourth-order valence-corrected chi connectivity index (χ4v) is 5.50.